The van der Waals surface area contributed by atoms with Crippen molar-refractivity contribution in [3.8, 4) is 5.75 Å². The summed E-state index contributed by atoms with van der Waals surface area (Å²) < 4.78 is 29.9. The summed E-state index contributed by atoms with van der Waals surface area (Å²) in [6, 6.07) is 1.38. The molecule has 84 valence electrons. The average molecular weight is 282 g/mol. The van der Waals surface area contributed by atoms with E-state index < -0.39 is 12.1 Å². The van der Waals surface area contributed by atoms with E-state index >= 15 is 0 Å². The molecule has 1 N–H and O–H groups in total. The topological polar surface area (TPSA) is 42.4 Å². The first kappa shape index (κ1) is 12.3. The molecule has 0 saturated carbocycles. The molecular formula is C9H10BrF2NO2. The Morgan fingerprint density at radius 2 is 2.27 bits per heavy atom. The van der Waals surface area contributed by atoms with E-state index in [2.05, 4.69) is 20.9 Å². The third-order valence-corrected chi connectivity index (χ3v) is 2.44. The number of ether oxygens (including phenoxy) is 1. The minimum atomic E-state index is -2.69. The third kappa shape index (κ3) is 2.63. The molecule has 0 aliphatic rings. The monoisotopic (exact) mass is 281 g/mol. The molecule has 0 atom stereocenters. The summed E-state index contributed by atoms with van der Waals surface area (Å²) >= 11 is 3.12. The van der Waals surface area contributed by atoms with Gasteiger partial charge >= 0.3 is 0 Å². The molecule has 3 nitrogen and oxygen atoms in total. The molecule has 1 rings (SSSR count). The second kappa shape index (κ2) is 5.37. The van der Waals surface area contributed by atoms with Gasteiger partial charge in [-0.3, -0.25) is 0 Å². The van der Waals surface area contributed by atoms with Crippen molar-refractivity contribution in [2.75, 3.05) is 7.11 Å². The summed E-state index contributed by atoms with van der Waals surface area (Å²) in [7, 11) is 1.29. The van der Waals surface area contributed by atoms with E-state index in [4.69, 9.17) is 9.84 Å². The first-order valence-corrected chi connectivity index (χ1v) is 5.27. The van der Waals surface area contributed by atoms with Gasteiger partial charge in [-0.1, -0.05) is 15.9 Å². The minimum Gasteiger partial charge on any atom is -0.495 e. The number of hydrogen-bond acceptors (Lipinski definition) is 3. The van der Waals surface area contributed by atoms with E-state index in [0.717, 1.165) is 0 Å². The Morgan fingerprint density at radius 3 is 2.67 bits per heavy atom. The molecule has 15 heavy (non-hydrogen) atoms. The van der Waals surface area contributed by atoms with Crippen molar-refractivity contribution in [1.29, 1.82) is 0 Å². The first-order valence-electron chi connectivity index (χ1n) is 4.15. The van der Waals surface area contributed by atoms with Crippen LogP contribution in [0.3, 0.4) is 0 Å². The van der Waals surface area contributed by atoms with Gasteiger partial charge in [-0.25, -0.2) is 13.8 Å². The maximum Gasteiger partial charge on any atom is 0.284 e. The van der Waals surface area contributed by atoms with Gasteiger partial charge in [-0.05, 0) is 6.07 Å². The summed E-state index contributed by atoms with van der Waals surface area (Å²) in [5, 5.41) is 9.31. The van der Waals surface area contributed by atoms with Crippen LogP contribution in [0.5, 0.6) is 5.75 Å². The van der Waals surface area contributed by atoms with Crippen LogP contribution in [0.25, 0.3) is 0 Å². The Hall–Kier alpha value is -0.750. The number of nitrogens with zero attached hydrogens (tertiary/aromatic N) is 1. The van der Waals surface area contributed by atoms with Crippen molar-refractivity contribution in [3.05, 3.63) is 23.0 Å². The molecule has 0 unspecified atom stereocenters. The van der Waals surface area contributed by atoms with E-state index in [1.54, 1.807) is 0 Å². The van der Waals surface area contributed by atoms with Crippen LogP contribution in [0.15, 0.2) is 6.07 Å². The van der Waals surface area contributed by atoms with Crippen molar-refractivity contribution in [2.45, 2.75) is 18.4 Å². The van der Waals surface area contributed by atoms with Crippen molar-refractivity contribution in [1.82, 2.24) is 4.98 Å². The van der Waals surface area contributed by atoms with E-state index in [1.165, 1.54) is 13.2 Å². The summed E-state index contributed by atoms with van der Waals surface area (Å²) in [5.74, 6) is -0.00116. The van der Waals surface area contributed by atoms with Gasteiger partial charge in [0.25, 0.3) is 6.43 Å². The molecule has 6 heteroatoms. The van der Waals surface area contributed by atoms with Crippen molar-refractivity contribution >= 4 is 15.9 Å². The zero-order chi connectivity index (χ0) is 11.4. The fourth-order valence-electron chi connectivity index (χ4n) is 1.16. The van der Waals surface area contributed by atoms with Crippen LogP contribution >= 0.6 is 15.9 Å². The van der Waals surface area contributed by atoms with Gasteiger partial charge in [0.05, 0.1) is 19.4 Å². The highest BCUT2D eigenvalue weighted by Gasteiger charge is 2.18. The highest BCUT2D eigenvalue weighted by Crippen LogP contribution is 2.29. The molecule has 0 aliphatic heterocycles. The molecule has 1 heterocycles. The van der Waals surface area contributed by atoms with Gasteiger partial charge in [0.15, 0.2) is 0 Å². The van der Waals surface area contributed by atoms with Gasteiger partial charge in [-0.2, -0.15) is 0 Å². The molecule has 0 saturated heterocycles. The quantitative estimate of drug-likeness (QED) is 0.862. The number of aliphatic hydroxyl groups excluding tert-OH is 1. The number of halogens is 3. The second-order valence-corrected chi connectivity index (χ2v) is 3.33. The van der Waals surface area contributed by atoms with Crippen molar-refractivity contribution in [2.24, 2.45) is 0 Å². The number of aliphatic hydroxyl groups is 1. The van der Waals surface area contributed by atoms with Crippen LogP contribution in [-0.4, -0.2) is 17.2 Å². The predicted octanol–water partition coefficient (Wildman–Crippen LogP) is 2.42. The lowest BCUT2D eigenvalue weighted by Crippen LogP contribution is -2.03. The SMILES string of the molecule is COc1cc(CO)c(CBr)nc1C(F)F. The number of pyridine rings is 1. The summed E-state index contributed by atoms with van der Waals surface area (Å²) in [6.07, 6.45) is -2.69. The van der Waals surface area contributed by atoms with Gasteiger partial charge in [0.2, 0.25) is 0 Å². The van der Waals surface area contributed by atoms with E-state index in [0.29, 0.717) is 16.6 Å². The van der Waals surface area contributed by atoms with Crippen molar-refractivity contribution in [3.63, 3.8) is 0 Å². The number of aromatic nitrogens is 1. The molecule has 0 aromatic carbocycles. The van der Waals surface area contributed by atoms with Gasteiger partial charge in [0.1, 0.15) is 11.4 Å². The Bertz CT molecular complexity index is 347. The van der Waals surface area contributed by atoms with Gasteiger partial charge < -0.3 is 9.84 Å². The Morgan fingerprint density at radius 1 is 1.60 bits per heavy atom. The largest absolute Gasteiger partial charge is 0.495 e. The van der Waals surface area contributed by atoms with E-state index in [9.17, 15) is 8.78 Å². The standard InChI is InChI=1S/C9H10BrF2NO2/c1-15-7-2-5(4-14)6(3-10)13-8(7)9(11)12/h2,9,14H,3-4H2,1H3. The number of rotatable bonds is 4. The molecule has 0 amide bonds. The molecule has 0 radical (unpaired) electrons. The third-order valence-electron chi connectivity index (χ3n) is 1.91. The predicted molar refractivity (Wildman–Crippen MR) is 54.3 cm³/mol. The maximum atomic E-state index is 12.5. The van der Waals surface area contributed by atoms with Gasteiger partial charge in [0, 0.05) is 10.9 Å². The fraction of sp³-hybridized carbons (Fsp3) is 0.444. The highest BCUT2D eigenvalue weighted by atomic mass is 79.9. The molecule has 1 aromatic heterocycles. The number of methoxy groups -OCH3 is 1. The zero-order valence-corrected chi connectivity index (χ0v) is 9.59. The number of alkyl halides is 3. The van der Waals surface area contributed by atoms with Crippen LogP contribution in [-0.2, 0) is 11.9 Å². The Balaban J connectivity index is 3.27. The zero-order valence-electron chi connectivity index (χ0n) is 8.01. The summed E-state index contributed by atoms with van der Waals surface area (Å²) in [4.78, 5) is 3.75. The van der Waals surface area contributed by atoms with Crippen LogP contribution in [0.2, 0.25) is 0 Å². The second-order valence-electron chi connectivity index (χ2n) is 2.77. The van der Waals surface area contributed by atoms with Crippen LogP contribution in [0.1, 0.15) is 23.4 Å². The Labute approximate surface area is 94.2 Å². The summed E-state index contributed by atoms with van der Waals surface area (Å²) in [5.41, 5.74) is 0.478. The lowest BCUT2D eigenvalue weighted by Gasteiger charge is -2.11. The van der Waals surface area contributed by atoms with Crippen LogP contribution in [0.4, 0.5) is 8.78 Å². The van der Waals surface area contributed by atoms with E-state index in [1.807, 2.05) is 0 Å². The van der Waals surface area contributed by atoms with Crippen molar-refractivity contribution < 1.29 is 18.6 Å². The molecule has 0 aliphatic carbocycles. The maximum absolute atomic E-state index is 12.5. The molecular weight excluding hydrogens is 272 g/mol. The van der Waals surface area contributed by atoms with Crippen LogP contribution < -0.4 is 4.74 Å². The smallest absolute Gasteiger partial charge is 0.284 e. The van der Waals surface area contributed by atoms with Crippen LogP contribution in [0, 0.1) is 0 Å². The number of hydrogen-bond donors (Lipinski definition) is 1. The normalized spacial score (nSPS) is 10.8. The lowest BCUT2D eigenvalue weighted by atomic mass is 10.2. The summed E-state index contributed by atoms with van der Waals surface area (Å²) in [6.45, 7) is -0.256. The van der Waals surface area contributed by atoms with Gasteiger partial charge in [-0.15, -0.1) is 0 Å². The highest BCUT2D eigenvalue weighted by molar-refractivity contribution is 9.08. The average Bonchev–Trinajstić information content (AvgIpc) is 2.26. The lowest BCUT2D eigenvalue weighted by molar-refractivity contribution is 0.141. The first-order chi connectivity index (χ1) is 7.13. The molecule has 0 bridgehead atoms. The molecule has 0 spiro atoms. The van der Waals surface area contributed by atoms with E-state index in [-0.39, 0.29) is 12.4 Å². The Kier molecular flexibility index (Phi) is 4.41. The molecule has 0 fully saturated rings. The minimum absolute atomic E-state index is 0.00116. The fourth-order valence-corrected chi connectivity index (χ4v) is 1.65. The molecule has 1 aromatic rings.